The van der Waals surface area contributed by atoms with Gasteiger partial charge in [0, 0.05) is 23.9 Å². The van der Waals surface area contributed by atoms with Gasteiger partial charge >= 0.3 is 5.97 Å². The molecule has 0 amide bonds. The molecular weight excluding hydrogens is 338 g/mol. The number of hydrogen-bond acceptors (Lipinski definition) is 3. The summed E-state index contributed by atoms with van der Waals surface area (Å²) < 4.78 is 2.03. The van der Waals surface area contributed by atoms with E-state index in [9.17, 15) is 4.79 Å². The van der Waals surface area contributed by atoms with E-state index in [4.69, 9.17) is 10.2 Å². The number of aliphatic carboxylic acids is 1. The quantitative estimate of drug-likeness (QED) is 0.589. The molecular formula is C22H25N3O2. The Labute approximate surface area is 159 Å². The molecule has 0 aliphatic carbocycles. The third-order valence-electron chi connectivity index (χ3n) is 4.89. The average Bonchev–Trinajstić information content (AvgIpc) is 3.07. The monoisotopic (exact) mass is 363 g/mol. The second-order valence-electron chi connectivity index (χ2n) is 6.69. The molecule has 0 radical (unpaired) electrons. The second kappa shape index (κ2) is 8.16. The SMILES string of the molecule is C=Cc1cc(-c2c(CCCCC(=O)O)c(C)nn3c(CC)ccc23)ccn1. The van der Waals surface area contributed by atoms with E-state index in [1.54, 1.807) is 12.3 Å². The van der Waals surface area contributed by atoms with Gasteiger partial charge in [-0.3, -0.25) is 9.78 Å². The van der Waals surface area contributed by atoms with Crippen molar-refractivity contribution in [1.82, 2.24) is 14.6 Å². The largest absolute Gasteiger partial charge is 0.481 e. The molecule has 0 saturated heterocycles. The van der Waals surface area contributed by atoms with Crippen molar-refractivity contribution in [3.05, 3.63) is 59.7 Å². The van der Waals surface area contributed by atoms with Gasteiger partial charge in [-0.05, 0) is 74.1 Å². The molecule has 3 aromatic rings. The van der Waals surface area contributed by atoms with Gasteiger partial charge in [0.25, 0.3) is 0 Å². The Balaban J connectivity index is 2.13. The number of rotatable bonds is 8. The first-order chi connectivity index (χ1) is 13.0. The fraction of sp³-hybridized carbons (Fsp3) is 0.318. The average molecular weight is 363 g/mol. The van der Waals surface area contributed by atoms with Crippen LogP contribution >= 0.6 is 0 Å². The van der Waals surface area contributed by atoms with Crippen LogP contribution in [0.3, 0.4) is 0 Å². The molecule has 0 aromatic carbocycles. The van der Waals surface area contributed by atoms with Crippen LogP contribution in [-0.2, 0) is 17.6 Å². The van der Waals surface area contributed by atoms with Crippen LogP contribution in [0.4, 0.5) is 0 Å². The summed E-state index contributed by atoms with van der Waals surface area (Å²) in [6.45, 7) is 7.98. The van der Waals surface area contributed by atoms with Gasteiger partial charge in [-0.25, -0.2) is 4.52 Å². The molecule has 140 valence electrons. The fourth-order valence-electron chi connectivity index (χ4n) is 3.51. The van der Waals surface area contributed by atoms with Crippen molar-refractivity contribution in [2.75, 3.05) is 0 Å². The van der Waals surface area contributed by atoms with Crippen molar-refractivity contribution in [1.29, 1.82) is 0 Å². The minimum absolute atomic E-state index is 0.199. The Morgan fingerprint density at radius 3 is 2.81 bits per heavy atom. The van der Waals surface area contributed by atoms with E-state index in [1.165, 1.54) is 11.3 Å². The molecule has 1 N–H and O–H groups in total. The summed E-state index contributed by atoms with van der Waals surface area (Å²) in [6.07, 6.45) is 6.94. The Hall–Kier alpha value is -2.95. The molecule has 0 aliphatic heterocycles. The predicted molar refractivity (Wildman–Crippen MR) is 108 cm³/mol. The van der Waals surface area contributed by atoms with E-state index in [0.717, 1.165) is 47.3 Å². The van der Waals surface area contributed by atoms with Crippen LogP contribution in [-0.4, -0.2) is 25.7 Å². The smallest absolute Gasteiger partial charge is 0.303 e. The number of pyridine rings is 1. The van der Waals surface area contributed by atoms with Crippen molar-refractivity contribution in [3.8, 4) is 11.1 Å². The van der Waals surface area contributed by atoms with Crippen molar-refractivity contribution in [3.63, 3.8) is 0 Å². The number of fused-ring (bicyclic) bond motifs is 1. The van der Waals surface area contributed by atoms with E-state index < -0.39 is 5.97 Å². The molecule has 3 heterocycles. The highest BCUT2D eigenvalue weighted by atomic mass is 16.4. The third kappa shape index (κ3) is 3.92. The molecule has 0 spiro atoms. The number of aromatic nitrogens is 3. The predicted octanol–water partition coefficient (Wildman–Crippen LogP) is 4.71. The second-order valence-corrected chi connectivity index (χ2v) is 6.69. The minimum atomic E-state index is -0.746. The van der Waals surface area contributed by atoms with Gasteiger partial charge in [0.2, 0.25) is 0 Å². The summed E-state index contributed by atoms with van der Waals surface area (Å²) in [6, 6.07) is 8.30. The zero-order chi connectivity index (χ0) is 19.4. The Morgan fingerprint density at radius 2 is 2.11 bits per heavy atom. The molecule has 0 saturated carbocycles. The zero-order valence-electron chi connectivity index (χ0n) is 15.9. The van der Waals surface area contributed by atoms with Gasteiger partial charge in [0.05, 0.1) is 16.9 Å². The first kappa shape index (κ1) is 18.8. The summed E-state index contributed by atoms with van der Waals surface area (Å²) in [5.74, 6) is -0.746. The van der Waals surface area contributed by atoms with Crippen LogP contribution in [0.1, 0.15) is 48.8 Å². The molecule has 0 unspecified atom stereocenters. The molecule has 0 aliphatic rings. The zero-order valence-corrected chi connectivity index (χ0v) is 15.9. The van der Waals surface area contributed by atoms with Crippen molar-refractivity contribution >= 4 is 17.6 Å². The Bertz CT molecular complexity index is 989. The van der Waals surface area contributed by atoms with Crippen molar-refractivity contribution in [2.45, 2.75) is 46.0 Å². The maximum absolute atomic E-state index is 10.8. The van der Waals surface area contributed by atoms with Crippen LogP contribution in [0.15, 0.2) is 37.0 Å². The molecule has 0 fully saturated rings. The van der Waals surface area contributed by atoms with Crippen LogP contribution < -0.4 is 0 Å². The third-order valence-corrected chi connectivity index (χ3v) is 4.89. The highest BCUT2D eigenvalue weighted by molar-refractivity contribution is 5.84. The number of nitrogens with zero attached hydrogens (tertiary/aromatic N) is 3. The van der Waals surface area contributed by atoms with E-state index in [-0.39, 0.29) is 6.42 Å². The molecule has 0 atom stereocenters. The Morgan fingerprint density at radius 1 is 1.30 bits per heavy atom. The van der Waals surface area contributed by atoms with E-state index in [0.29, 0.717) is 6.42 Å². The van der Waals surface area contributed by atoms with Crippen LogP contribution in [0.25, 0.3) is 22.7 Å². The molecule has 5 nitrogen and oxygen atoms in total. The lowest BCUT2D eigenvalue weighted by Crippen LogP contribution is -2.06. The van der Waals surface area contributed by atoms with Gasteiger partial charge in [0.1, 0.15) is 0 Å². The van der Waals surface area contributed by atoms with Gasteiger partial charge < -0.3 is 5.11 Å². The highest BCUT2D eigenvalue weighted by Crippen LogP contribution is 2.32. The molecule has 3 aromatic heterocycles. The maximum atomic E-state index is 10.8. The number of aryl methyl sites for hydroxylation is 2. The minimum Gasteiger partial charge on any atom is -0.481 e. The number of carboxylic acids is 1. The summed E-state index contributed by atoms with van der Waals surface area (Å²) in [7, 11) is 0. The first-order valence-corrected chi connectivity index (χ1v) is 9.36. The summed E-state index contributed by atoms with van der Waals surface area (Å²) in [4.78, 5) is 15.1. The van der Waals surface area contributed by atoms with Gasteiger partial charge in [-0.1, -0.05) is 13.5 Å². The van der Waals surface area contributed by atoms with Crippen LogP contribution in [0, 0.1) is 6.92 Å². The van der Waals surface area contributed by atoms with Crippen molar-refractivity contribution < 1.29 is 9.90 Å². The fourth-order valence-corrected chi connectivity index (χ4v) is 3.51. The number of carboxylic acid groups (broad SMARTS) is 1. The summed E-state index contributed by atoms with van der Waals surface area (Å²) in [5, 5.41) is 13.7. The maximum Gasteiger partial charge on any atom is 0.303 e. The standard InChI is InChI=1S/C22H25N3O2/c1-4-17-14-16(12-13-23-17)22-19(8-6-7-9-21(26)27)15(3)24-25-18(5-2)10-11-20(22)25/h4,10-14H,1,5-9H2,2-3H3,(H,26,27). The topological polar surface area (TPSA) is 67.5 Å². The van der Waals surface area contributed by atoms with E-state index in [1.807, 2.05) is 23.6 Å². The number of unbranched alkanes of at least 4 members (excludes halogenated alkanes) is 1. The van der Waals surface area contributed by atoms with Gasteiger partial charge in [-0.15, -0.1) is 0 Å². The first-order valence-electron chi connectivity index (χ1n) is 9.36. The van der Waals surface area contributed by atoms with E-state index >= 15 is 0 Å². The molecule has 3 rings (SSSR count). The lowest BCUT2D eigenvalue weighted by molar-refractivity contribution is -0.137. The molecule has 5 heteroatoms. The number of carbonyl (C=O) groups is 1. The van der Waals surface area contributed by atoms with Crippen LogP contribution in [0.5, 0.6) is 0 Å². The van der Waals surface area contributed by atoms with Gasteiger partial charge in [0.15, 0.2) is 0 Å². The van der Waals surface area contributed by atoms with Crippen LogP contribution in [0.2, 0.25) is 0 Å². The highest BCUT2D eigenvalue weighted by Gasteiger charge is 2.17. The molecule has 0 bridgehead atoms. The summed E-state index contributed by atoms with van der Waals surface area (Å²) >= 11 is 0. The normalized spacial score (nSPS) is 11.0. The van der Waals surface area contributed by atoms with Crippen molar-refractivity contribution in [2.24, 2.45) is 0 Å². The van der Waals surface area contributed by atoms with Gasteiger partial charge in [-0.2, -0.15) is 5.10 Å². The lowest BCUT2D eigenvalue weighted by Gasteiger charge is -2.16. The lowest BCUT2D eigenvalue weighted by atomic mass is 9.95. The Kier molecular flexibility index (Phi) is 5.69. The number of hydrogen-bond donors (Lipinski definition) is 1. The van der Waals surface area contributed by atoms with E-state index in [2.05, 4.69) is 30.6 Å². The summed E-state index contributed by atoms with van der Waals surface area (Å²) in [5.41, 5.74) is 7.48. The molecule has 27 heavy (non-hydrogen) atoms.